The van der Waals surface area contributed by atoms with E-state index in [4.69, 9.17) is 11.6 Å². The van der Waals surface area contributed by atoms with Gasteiger partial charge in [-0.3, -0.25) is 0 Å². The van der Waals surface area contributed by atoms with Crippen LogP contribution >= 0.6 is 22.9 Å². The van der Waals surface area contributed by atoms with Crippen molar-refractivity contribution in [3.8, 4) is 0 Å². The van der Waals surface area contributed by atoms with Crippen LogP contribution < -0.4 is 0 Å². The molecule has 1 aliphatic rings. The SMILES string of the molecule is Cc1ccc(C2CCCCCN2S(=O)(=O)c2ccc(Cl)cc2)s1. The Bertz CT molecular complexity index is 768. The van der Waals surface area contributed by atoms with Crippen LogP contribution in [0.2, 0.25) is 5.02 Å². The minimum Gasteiger partial charge on any atom is -0.207 e. The van der Waals surface area contributed by atoms with E-state index in [2.05, 4.69) is 19.1 Å². The van der Waals surface area contributed by atoms with Gasteiger partial charge in [-0.2, -0.15) is 4.31 Å². The maximum absolute atomic E-state index is 13.1. The van der Waals surface area contributed by atoms with Gasteiger partial charge in [-0.15, -0.1) is 11.3 Å². The normalized spacial score (nSPS) is 20.3. The molecule has 6 heteroatoms. The minimum absolute atomic E-state index is 0.0584. The van der Waals surface area contributed by atoms with E-state index < -0.39 is 10.0 Å². The van der Waals surface area contributed by atoms with Crippen molar-refractivity contribution < 1.29 is 8.42 Å². The summed E-state index contributed by atoms with van der Waals surface area (Å²) < 4.78 is 27.9. The minimum atomic E-state index is -3.51. The number of hydrogen-bond acceptors (Lipinski definition) is 3. The predicted molar refractivity (Wildman–Crippen MR) is 95.6 cm³/mol. The van der Waals surface area contributed by atoms with E-state index in [0.29, 0.717) is 16.5 Å². The Labute approximate surface area is 147 Å². The van der Waals surface area contributed by atoms with Crippen LogP contribution in [0.3, 0.4) is 0 Å². The molecule has 1 aromatic heterocycles. The summed E-state index contributed by atoms with van der Waals surface area (Å²) >= 11 is 7.59. The van der Waals surface area contributed by atoms with Crippen molar-refractivity contribution in [1.29, 1.82) is 0 Å². The first-order chi connectivity index (χ1) is 11.0. The van der Waals surface area contributed by atoms with Gasteiger partial charge in [-0.1, -0.05) is 24.4 Å². The molecule has 0 saturated carbocycles. The maximum atomic E-state index is 13.1. The lowest BCUT2D eigenvalue weighted by Crippen LogP contribution is -2.34. The number of rotatable bonds is 3. The zero-order valence-corrected chi connectivity index (χ0v) is 15.4. The van der Waals surface area contributed by atoms with Crippen LogP contribution in [0, 0.1) is 6.92 Å². The third-order valence-corrected chi connectivity index (χ3v) is 7.49. The highest BCUT2D eigenvalue weighted by atomic mass is 35.5. The van der Waals surface area contributed by atoms with Crippen LogP contribution in [-0.4, -0.2) is 19.3 Å². The number of benzene rings is 1. The molecule has 0 N–H and O–H groups in total. The fourth-order valence-corrected chi connectivity index (χ4v) is 5.92. The summed E-state index contributed by atoms with van der Waals surface area (Å²) in [5.41, 5.74) is 0. The van der Waals surface area contributed by atoms with Crippen molar-refractivity contribution in [2.45, 2.75) is 43.5 Å². The molecule has 1 saturated heterocycles. The average Bonchev–Trinajstić information content (AvgIpc) is 2.80. The maximum Gasteiger partial charge on any atom is 0.243 e. The van der Waals surface area contributed by atoms with E-state index in [1.54, 1.807) is 39.9 Å². The molecule has 0 radical (unpaired) electrons. The molecule has 0 bridgehead atoms. The summed E-state index contributed by atoms with van der Waals surface area (Å²) in [6.45, 7) is 2.63. The standard InChI is InChI=1S/C17H20ClNO2S2/c1-13-6-11-17(22-13)16-5-3-2-4-12-19(16)23(20,21)15-9-7-14(18)8-10-15/h6-11,16H,2-5,12H2,1H3. The lowest BCUT2D eigenvalue weighted by molar-refractivity contribution is 0.333. The monoisotopic (exact) mass is 369 g/mol. The lowest BCUT2D eigenvalue weighted by atomic mass is 10.1. The van der Waals surface area contributed by atoms with Crippen molar-refractivity contribution in [2.75, 3.05) is 6.54 Å². The van der Waals surface area contributed by atoms with Gasteiger partial charge in [0.15, 0.2) is 0 Å². The summed E-state index contributed by atoms with van der Waals surface area (Å²) in [4.78, 5) is 2.68. The van der Waals surface area contributed by atoms with Crippen LogP contribution in [0.4, 0.5) is 0 Å². The van der Waals surface area contributed by atoms with E-state index in [1.807, 2.05) is 0 Å². The molecule has 3 rings (SSSR count). The molecular weight excluding hydrogens is 350 g/mol. The van der Waals surface area contributed by atoms with Gasteiger partial charge in [0.25, 0.3) is 0 Å². The highest BCUT2D eigenvalue weighted by molar-refractivity contribution is 7.89. The summed E-state index contributed by atoms with van der Waals surface area (Å²) in [6, 6.07) is 10.5. The summed E-state index contributed by atoms with van der Waals surface area (Å²) in [7, 11) is -3.51. The molecule has 3 nitrogen and oxygen atoms in total. The molecule has 23 heavy (non-hydrogen) atoms. The Balaban J connectivity index is 2.00. The highest BCUT2D eigenvalue weighted by Gasteiger charge is 2.34. The van der Waals surface area contributed by atoms with Crippen molar-refractivity contribution in [2.24, 2.45) is 0 Å². The van der Waals surface area contributed by atoms with E-state index in [-0.39, 0.29) is 6.04 Å². The predicted octanol–water partition coefficient (Wildman–Crippen LogP) is 5.02. The molecule has 2 heterocycles. The zero-order valence-electron chi connectivity index (χ0n) is 13.0. The van der Waals surface area contributed by atoms with Crippen LogP contribution in [0.15, 0.2) is 41.3 Å². The number of halogens is 1. The van der Waals surface area contributed by atoms with Gasteiger partial charge in [-0.25, -0.2) is 8.42 Å². The Hall–Kier alpha value is -0.880. The second kappa shape index (κ2) is 6.93. The quantitative estimate of drug-likeness (QED) is 0.762. The fraction of sp³-hybridized carbons (Fsp3) is 0.412. The molecule has 1 atom stereocenters. The van der Waals surface area contributed by atoms with Crippen molar-refractivity contribution in [1.82, 2.24) is 4.31 Å². The third kappa shape index (κ3) is 3.63. The van der Waals surface area contributed by atoms with Gasteiger partial charge in [0, 0.05) is 21.3 Å². The fourth-order valence-electron chi connectivity index (χ4n) is 3.03. The van der Waals surface area contributed by atoms with E-state index >= 15 is 0 Å². The van der Waals surface area contributed by atoms with Crippen LogP contribution in [-0.2, 0) is 10.0 Å². The number of nitrogens with zero attached hydrogens (tertiary/aromatic N) is 1. The van der Waals surface area contributed by atoms with Crippen LogP contribution in [0.5, 0.6) is 0 Å². The topological polar surface area (TPSA) is 37.4 Å². The Morgan fingerprint density at radius 1 is 1.09 bits per heavy atom. The van der Waals surface area contributed by atoms with Crippen molar-refractivity contribution >= 4 is 33.0 Å². The number of sulfonamides is 1. The first kappa shape index (κ1) is 17.0. The average molecular weight is 370 g/mol. The lowest BCUT2D eigenvalue weighted by Gasteiger charge is -2.28. The molecular formula is C17H20ClNO2S2. The Kier molecular flexibility index (Phi) is 5.11. The molecule has 0 amide bonds. The largest absolute Gasteiger partial charge is 0.243 e. The van der Waals surface area contributed by atoms with Gasteiger partial charge in [0.2, 0.25) is 10.0 Å². The summed E-state index contributed by atoms with van der Waals surface area (Å²) in [5.74, 6) is 0. The van der Waals surface area contributed by atoms with Crippen LogP contribution in [0.1, 0.15) is 41.5 Å². The van der Waals surface area contributed by atoms with Gasteiger partial charge in [-0.05, 0) is 56.2 Å². The number of hydrogen-bond donors (Lipinski definition) is 0. The van der Waals surface area contributed by atoms with Crippen molar-refractivity contribution in [3.05, 3.63) is 51.2 Å². The van der Waals surface area contributed by atoms with E-state index in [1.165, 1.54) is 4.88 Å². The molecule has 1 fully saturated rings. The smallest absolute Gasteiger partial charge is 0.207 e. The highest BCUT2D eigenvalue weighted by Crippen LogP contribution is 2.37. The van der Waals surface area contributed by atoms with Crippen LogP contribution in [0.25, 0.3) is 0 Å². The molecule has 0 aliphatic carbocycles. The number of aryl methyl sites for hydroxylation is 1. The van der Waals surface area contributed by atoms with Crippen molar-refractivity contribution in [3.63, 3.8) is 0 Å². The van der Waals surface area contributed by atoms with Gasteiger partial charge < -0.3 is 0 Å². The van der Waals surface area contributed by atoms with E-state index in [9.17, 15) is 8.42 Å². The molecule has 2 aromatic rings. The molecule has 1 aromatic carbocycles. The second-order valence-corrected chi connectivity index (χ2v) is 9.53. The van der Waals surface area contributed by atoms with Gasteiger partial charge in [0.05, 0.1) is 10.9 Å². The first-order valence-corrected chi connectivity index (χ1v) is 10.5. The Morgan fingerprint density at radius 2 is 1.83 bits per heavy atom. The third-order valence-electron chi connectivity index (χ3n) is 4.21. The molecule has 124 valence electrons. The van der Waals surface area contributed by atoms with E-state index in [0.717, 1.165) is 30.6 Å². The number of thiophene rings is 1. The summed E-state index contributed by atoms with van der Waals surface area (Å²) in [5, 5.41) is 0.547. The Morgan fingerprint density at radius 3 is 2.48 bits per heavy atom. The van der Waals surface area contributed by atoms with Gasteiger partial charge >= 0.3 is 0 Å². The molecule has 1 aliphatic heterocycles. The zero-order chi connectivity index (χ0) is 16.4. The second-order valence-electron chi connectivity index (χ2n) is 5.88. The molecule has 0 spiro atoms. The first-order valence-electron chi connectivity index (χ1n) is 7.82. The summed E-state index contributed by atoms with van der Waals surface area (Å²) in [6.07, 6.45) is 3.93. The molecule has 1 unspecified atom stereocenters. The van der Waals surface area contributed by atoms with Gasteiger partial charge in [0.1, 0.15) is 0 Å².